The van der Waals surface area contributed by atoms with Crippen molar-refractivity contribution in [2.75, 3.05) is 0 Å². The topological polar surface area (TPSA) is 46.2 Å². The second-order valence-corrected chi connectivity index (χ2v) is 12.3. The molecular weight excluding hydrogens is 493 g/mol. The van der Waals surface area contributed by atoms with Gasteiger partial charge in [-0.15, -0.1) is 6.58 Å². The van der Waals surface area contributed by atoms with Gasteiger partial charge < -0.3 is 0 Å². The zero-order chi connectivity index (χ0) is 24.7. The molecule has 1 saturated carbocycles. The normalized spacial score (nSPS) is 27.7. The fraction of sp³-hybridized carbons (Fsp3) is 0.417. The van der Waals surface area contributed by atoms with Crippen LogP contribution in [0.4, 0.5) is 22.0 Å². The van der Waals surface area contributed by atoms with Crippen molar-refractivity contribution in [3.05, 3.63) is 77.9 Å². The Kier molecular flexibility index (Phi) is 6.87. The monoisotopic (exact) mass is 517 g/mol. The van der Waals surface area contributed by atoms with E-state index in [-0.39, 0.29) is 40.5 Å². The third-order valence-electron chi connectivity index (χ3n) is 6.83. The molecule has 34 heavy (non-hydrogen) atoms. The summed E-state index contributed by atoms with van der Waals surface area (Å²) in [7, 11) is -4.39. The quantitative estimate of drug-likeness (QED) is 0.283. The molecule has 2 aliphatic rings. The molecule has 0 amide bonds. The molecule has 0 spiro atoms. The maximum absolute atomic E-state index is 15.1. The Hall–Kier alpha value is -1.91. The summed E-state index contributed by atoms with van der Waals surface area (Å²) in [6, 6.07) is 5.93. The summed E-state index contributed by atoms with van der Waals surface area (Å²) < 4.78 is 98.0. The number of rotatable bonds is 5. The third kappa shape index (κ3) is 4.52. The van der Waals surface area contributed by atoms with Gasteiger partial charge in [-0.05, 0) is 80.5 Å². The van der Waals surface area contributed by atoms with Crippen molar-refractivity contribution in [1.82, 2.24) is 4.72 Å². The Morgan fingerprint density at radius 3 is 2.50 bits per heavy atom. The average Bonchev–Trinajstić information content (AvgIpc) is 2.79. The first-order valence-electron chi connectivity index (χ1n) is 10.9. The maximum atomic E-state index is 15.1. The summed E-state index contributed by atoms with van der Waals surface area (Å²) in [4.78, 5) is -0.344. The van der Waals surface area contributed by atoms with E-state index in [1.165, 1.54) is 0 Å². The van der Waals surface area contributed by atoms with Crippen LogP contribution in [0.3, 0.4) is 0 Å². The molecule has 2 aromatic carbocycles. The van der Waals surface area contributed by atoms with Crippen LogP contribution in [0.2, 0.25) is 0 Å². The van der Waals surface area contributed by atoms with E-state index in [0.29, 0.717) is 31.4 Å². The summed E-state index contributed by atoms with van der Waals surface area (Å²) >= 11 is 1.57. The molecule has 1 aliphatic heterocycles. The second-order valence-electron chi connectivity index (χ2n) is 8.87. The average molecular weight is 518 g/mol. The van der Waals surface area contributed by atoms with Crippen molar-refractivity contribution in [3.8, 4) is 0 Å². The second kappa shape index (κ2) is 9.28. The van der Waals surface area contributed by atoms with Crippen molar-refractivity contribution in [2.24, 2.45) is 5.92 Å². The number of alkyl halides is 3. The van der Waals surface area contributed by atoms with Crippen LogP contribution < -0.4 is 4.72 Å². The molecule has 2 fully saturated rings. The summed E-state index contributed by atoms with van der Waals surface area (Å²) in [6.45, 7) is 3.75. The molecule has 2 aromatic rings. The molecule has 1 aliphatic carbocycles. The lowest BCUT2D eigenvalue weighted by Crippen LogP contribution is -2.51. The van der Waals surface area contributed by atoms with Crippen LogP contribution in [-0.4, -0.2) is 19.7 Å². The van der Waals surface area contributed by atoms with Gasteiger partial charge in [-0.2, -0.15) is 13.2 Å². The van der Waals surface area contributed by atoms with Gasteiger partial charge in [0.1, 0.15) is 16.4 Å². The van der Waals surface area contributed by atoms with Crippen LogP contribution in [0, 0.1) is 17.6 Å². The van der Waals surface area contributed by atoms with Crippen LogP contribution in [0.1, 0.15) is 43.2 Å². The number of allylic oxidation sites excluding steroid dienone is 1. The van der Waals surface area contributed by atoms with Gasteiger partial charge in [0.15, 0.2) is 9.84 Å². The first-order chi connectivity index (χ1) is 16.0. The lowest BCUT2D eigenvalue weighted by atomic mass is 9.72. The maximum Gasteiger partial charge on any atom is 0.416 e. The highest BCUT2D eigenvalue weighted by Gasteiger charge is 2.54. The van der Waals surface area contributed by atoms with Crippen molar-refractivity contribution >= 4 is 21.8 Å². The number of nitrogens with one attached hydrogen (secondary N) is 1. The minimum absolute atomic E-state index is 0.00128. The van der Waals surface area contributed by atoms with Crippen molar-refractivity contribution in [3.63, 3.8) is 0 Å². The molecule has 4 rings (SSSR count). The lowest BCUT2D eigenvalue weighted by Gasteiger charge is -2.47. The lowest BCUT2D eigenvalue weighted by molar-refractivity contribution is -0.137. The fourth-order valence-electron chi connectivity index (χ4n) is 5.12. The first kappa shape index (κ1) is 25.2. The largest absolute Gasteiger partial charge is 0.416 e. The van der Waals surface area contributed by atoms with Gasteiger partial charge >= 0.3 is 6.18 Å². The molecule has 0 unspecified atom stereocenters. The van der Waals surface area contributed by atoms with Crippen LogP contribution in [0.15, 0.2) is 60.0 Å². The van der Waals surface area contributed by atoms with Crippen LogP contribution in [-0.2, 0) is 20.8 Å². The van der Waals surface area contributed by atoms with Crippen LogP contribution >= 0.6 is 11.9 Å². The van der Waals surface area contributed by atoms with E-state index in [1.807, 2.05) is 0 Å². The summed E-state index contributed by atoms with van der Waals surface area (Å²) in [5, 5.41) is 0.153. The fourth-order valence-corrected chi connectivity index (χ4v) is 8.59. The summed E-state index contributed by atoms with van der Waals surface area (Å²) in [6.07, 6.45) is -1.04. The van der Waals surface area contributed by atoms with E-state index in [1.54, 1.807) is 18.0 Å². The zero-order valence-electron chi connectivity index (χ0n) is 18.1. The Labute approximate surface area is 199 Å². The van der Waals surface area contributed by atoms with Gasteiger partial charge in [0.05, 0.1) is 10.5 Å². The SMILES string of the molecule is C=CC[C@H]1C[C@@H]2C[C@](c3cc(F)ccc3F)(S(=O)(=O)c3ccc(C(F)(F)F)cc3)CC[C@@H]2NS1. The highest BCUT2D eigenvalue weighted by molar-refractivity contribution is 7.98. The molecule has 10 heteroatoms. The van der Waals surface area contributed by atoms with E-state index in [2.05, 4.69) is 11.3 Å². The summed E-state index contributed by atoms with van der Waals surface area (Å²) in [5.41, 5.74) is -1.26. The van der Waals surface area contributed by atoms with Crippen LogP contribution in [0.5, 0.6) is 0 Å². The number of hydrogen-bond acceptors (Lipinski definition) is 4. The molecule has 0 bridgehead atoms. The molecule has 1 heterocycles. The van der Waals surface area contributed by atoms with E-state index in [4.69, 9.17) is 0 Å². The number of halogens is 5. The van der Waals surface area contributed by atoms with E-state index in [0.717, 1.165) is 30.3 Å². The molecular formula is C24H24F5NO2S2. The molecule has 3 nitrogen and oxygen atoms in total. The molecule has 184 valence electrons. The number of hydrogen-bond donors (Lipinski definition) is 1. The smallest absolute Gasteiger partial charge is 0.261 e. The van der Waals surface area contributed by atoms with E-state index >= 15 is 4.39 Å². The molecule has 0 radical (unpaired) electrons. The van der Waals surface area contributed by atoms with Gasteiger partial charge in [-0.1, -0.05) is 18.0 Å². The Bertz CT molecular complexity index is 1170. The number of fused-ring (bicyclic) bond motifs is 1. The third-order valence-corrected chi connectivity index (χ3v) is 10.5. The van der Waals surface area contributed by atoms with Crippen molar-refractivity contribution in [2.45, 2.75) is 59.2 Å². The Morgan fingerprint density at radius 2 is 1.85 bits per heavy atom. The Morgan fingerprint density at radius 1 is 1.15 bits per heavy atom. The number of benzene rings is 2. The summed E-state index contributed by atoms with van der Waals surface area (Å²) in [5.74, 6) is -1.77. The molecule has 0 aromatic heterocycles. The van der Waals surface area contributed by atoms with Gasteiger partial charge in [0.2, 0.25) is 0 Å². The van der Waals surface area contributed by atoms with Gasteiger partial charge in [-0.25, -0.2) is 17.2 Å². The van der Waals surface area contributed by atoms with Gasteiger partial charge in [-0.3, -0.25) is 4.72 Å². The molecule has 4 atom stereocenters. The van der Waals surface area contributed by atoms with Crippen molar-refractivity contribution < 1.29 is 30.4 Å². The Balaban J connectivity index is 1.82. The molecule has 1 N–H and O–H groups in total. The van der Waals surface area contributed by atoms with Crippen LogP contribution in [0.25, 0.3) is 0 Å². The predicted molar refractivity (Wildman–Crippen MR) is 122 cm³/mol. The zero-order valence-corrected chi connectivity index (χ0v) is 19.7. The number of sulfone groups is 1. The minimum Gasteiger partial charge on any atom is -0.261 e. The van der Waals surface area contributed by atoms with Gasteiger partial charge in [0.25, 0.3) is 0 Å². The standard InChI is InChI=1S/C24H24F5NO2S2/c1-2-3-18-12-15-14-23(11-10-22(15)30-33-18,20-13-17(25)6-9-21(20)26)34(31,32)19-7-4-16(5-8-19)24(27,28)29/h2,4-9,13,15,18,22,30H,1,3,10-12,14H2/t15-,18+,22+,23-/m1/s1. The highest BCUT2D eigenvalue weighted by atomic mass is 32.2. The van der Waals surface area contributed by atoms with E-state index < -0.39 is 38.0 Å². The van der Waals surface area contributed by atoms with E-state index in [9.17, 15) is 26.0 Å². The highest BCUT2D eigenvalue weighted by Crippen LogP contribution is 2.52. The van der Waals surface area contributed by atoms with Crippen molar-refractivity contribution in [1.29, 1.82) is 0 Å². The molecule has 1 saturated heterocycles. The van der Waals surface area contributed by atoms with Gasteiger partial charge in [0, 0.05) is 16.9 Å². The predicted octanol–water partition coefficient (Wildman–Crippen LogP) is 6.41. The first-order valence-corrected chi connectivity index (χ1v) is 13.2. The minimum atomic E-state index is -4.63.